The highest BCUT2D eigenvalue weighted by molar-refractivity contribution is 6.18. The van der Waals surface area contributed by atoms with Crippen LogP contribution in [0.2, 0.25) is 0 Å². The number of carbonyl (C=O) groups is 1. The van der Waals surface area contributed by atoms with Crippen molar-refractivity contribution in [3.05, 3.63) is 29.3 Å². The number of hydrogen-bond acceptors (Lipinski definition) is 2. The number of benzene rings is 1. The van der Waals surface area contributed by atoms with Gasteiger partial charge in [-0.2, -0.15) is 0 Å². The van der Waals surface area contributed by atoms with Crippen LogP contribution in [0.15, 0.2) is 18.2 Å². The summed E-state index contributed by atoms with van der Waals surface area (Å²) in [7, 11) is 0. The Hall–Kier alpha value is -1.22. The number of phenolic OH excluding ortho intramolecular Hbond substituents is 1. The van der Waals surface area contributed by atoms with E-state index >= 15 is 0 Å². The maximum Gasteiger partial charge on any atom is 0.251 e. The summed E-state index contributed by atoms with van der Waals surface area (Å²) in [5.74, 6) is 0.977. The Bertz CT molecular complexity index is 461. The molecule has 104 valence electrons. The molecule has 1 aromatic carbocycles. The number of phenols is 1. The average Bonchev–Trinajstić information content (AvgIpc) is 2.42. The lowest BCUT2D eigenvalue weighted by molar-refractivity contribution is 0.0910. The summed E-state index contributed by atoms with van der Waals surface area (Å²) in [5, 5.41) is 12.7. The molecule has 2 N–H and O–H groups in total. The van der Waals surface area contributed by atoms with E-state index in [1.54, 1.807) is 12.1 Å². The van der Waals surface area contributed by atoms with Crippen LogP contribution in [0.5, 0.6) is 5.75 Å². The molecule has 0 aliphatic heterocycles. The molecule has 0 spiro atoms. The number of alkyl halides is 1. The number of aryl methyl sites for hydroxylation is 1. The number of halogens is 1. The van der Waals surface area contributed by atoms with E-state index < -0.39 is 0 Å². The van der Waals surface area contributed by atoms with Crippen molar-refractivity contribution in [1.29, 1.82) is 0 Å². The van der Waals surface area contributed by atoms with E-state index in [1.165, 1.54) is 12.5 Å². The number of rotatable bonds is 3. The highest BCUT2D eigenvalue weighted by atomic mass is 35.5. The van der Waals surface area contributed by atoms with Gasteiger partial charge in [-0.15, -0.1) is 11.6 Å². The summed E-state index contributed by atoms with van der Waals surface area (Å²) in [5.41, 5.74) is 1.27. The van der Waals surface area contributed by atoms with Crippen molar-refractivity contribution >= 4 is 17.5 Å². The van der Waals surface area contributed by atoms with E-state index in [4.69, 9.17) is 11.6 Å². The normalized spacial score (nSPS) is 23.1. The molecule has 2 atom stereocenters. The summed E-state index contributed by atoms with van der Waals surface area (Å²) >= 11 is 5.96. The molecule has 0 heterocycles. The third kappa shape index (κ3) is 3.41. The van der Waals surface area contributed by atoms with E-state index in [-0.39, 0.29) is 17.7 Å². The largest absolute Gasteiger partial charge is 0.508 e. The van der Waals surface area contributed by atoms with Gasteiger partial charge in [-0.05, 0) is 43.4 Å². The number of hydrogen-bond donors (Lipinski definition) is 2. The van der Waals surface area contributed by atoms with Gasteiger partial charge in [-0.1, -0.05) is 18.9 Å². The van der Waals surface area contributed by atoms with E-state index in [0.29, 0.717) is 17.4 Å². The molecule has 0 saturated heterocycles. The van der Waals surface area contributed by atoms with Gasteiger partial charge in [-0.25, -0.2) is 0 Å². The van der Waals surface area contributed by atoms with Gasteiger partial charge in [0.25, 0.3) is 5.91 Å². The zero-order valence-corrected chi connectivity index (χ0v) is 11.9. The quantitative estimate of drug-likeness (QED) is 0.836. The first-order valence-corrected chi connectivity index (χ1v) is 7.31. The van der Waals surface area contributed by atoms with Crippen LogP contribution in [0.4, 0.5) is 0 Å². The molecule has 0 bridgehead atoms. The lowest BCUT2D eigenvalue weighted by atomic mass is 9.85. The molecule has 4 heteroatoms. The van der Waals surface area contributed by atoms with Gasteiger partial charge in [-0.3, -0.25) is 4.79 Å². The average molecular weight is 282 g/mol. The smallest absolute Gasteiger partial charge is 0.251 e. The highest BCUT2D eigenvalue weighted by Crippen LogP contribution is 2.26. The predicted octanol–water partition coefficient (Wildman–Crippen LogP) is 3.23. The van der Waals surface area contributed by atoms with Crippen LogP contribution in [-0.2, 0) is 0 Å². The molecule has 1 aromatic rings. The van der Waals surface area contributed by atoms with Crippen LogP contribution in [-0.4, -0.2) is 22.9 Å². The SMILES string of the molecule is Cc1ccc(C(=O)NC2CCCCC2CCl)cc1O. The van der Waals surface area contributed by atoms with Gasteiger partial charge in [0.15, 0.2) is 0 Å². The van der Waals surface area contributed by atoms with Crippen molar-refractivity contribution in [2.75, 3.05) is 5.88 Å². The number of carbonyl (C=O) groups excluding carboxylic acids is 1. The van der Waals surface area contributed by atoms with Crippen molar-refractivity contribution in [1.82, 2.24) is 5.32 Å². The first kappa shape index (κ1) is 14.2. The monoisotopic (exact) mass is 281 g/mol. The van der Waals surface area contributed by atoms with Gasteiger partial charge >= 0.3 is 0 Å². The molecule has 3 nitrogen and oxygen atoms in total. The van der Waals surface area contributed by atoms with Crippen LogP contribution in [0, 0.1) is 12.8 Å². The lowest BCUT2D eigenvalue weighted by Gasteiger charge is -2.30. The van der Waals surface area contributed by atoms with E-state index in [2.05, 4.69) is 5.32 Å². The van der Waals surface area contributed by atoms with Gasteiger partial charge < -0.3 is 10.4 Å². The summed E-state index contributed by atoms with van der Waals surface area (Å²) in [6.45, 7) is 1.81. The standard InChI is InChI=1S/C15H20ClNO2/c1-10-6-7-11(8-14(10)18)15(19)17-13-5-3-2-4-12(13)9-16/h6-8,12-13,18H,2-5,9H2,1H3,(H,17,19). The van der Waals surface area contributed by atoms with Crippen molar-refractivity contribution in [2.45, 2.75) is 38.6 Å². The molecule has 1 saturated carbocycles. The molecule has 2 rings (SSSR count). The fourth-order valence-electron chi connectivity index (χ4n) is 2.58. The predicted molar refractivity (Wildman–Crippen MR) is 76.8 cm³/mol. The third-order valence-corrected chi connectivity index (χ3v) is 4.29. The van der Waals surface area contributed by atoms with Crippen molar-refractivity contribution in [2.24, 2.45) is 5.92 Å². The number of nitrogens with one attached hydrogen (secondary N) is 1. The molecule has 1 aliphatic rings. The zero-order valence-electron chi connectivity index (χ0n) is 11.2. The summed E-state index contributed by atoms with van der Waals surface area (Å²) in [4.78, 5) is 12.2. The van der Waals surface area contributed by atoms with Gasteiger partial charge in [0, 0.05) is 17.5 Å². The first-order chi connectivity index (χ1) is 9.11. The lowest BCUT2D eigenvalue weighted by Crippen LogP contribution is -2.42. The second kappa shape index (κ2) is 6.29. The Morgan fingerprint density at radius 2 is 2.16 bits per heavy atom. The topological polar surface area (TPSA) is 49.3 Å². The molecule has 19 heavy (non-hydrogen) atoms. The maximum atomic E-state index is 12.2. The van der Waals surface area contributed by atoms with Gasteiger partial charge in [0.05, 0.1) is 0 Å². The Labute approximate surface area is 119 Å². The minimum Gasteiger partial charge on any atom is -0.508 e. The number of aromatic hydroxyl groups is 1. The van der Waals surface area contributed by atoms with E-state index in [1.807, 2.05) is 6.92 Å². The zero-order chi connectivity index (χ0) is 13.8. The minimum atomic E-state index is -0.127. The molecular formula is C15H20ClNO2. The molecule has 1 fully saturated rings. The molecule has 0 aromatic heterocycles. The maximum absolute atomic E-state index is 12.2. The van der Waals surface area contributed by atoms with Gasteiger partial charge in [0.2, 0.25) is 0 Å². The highest BCUT2D eigenvalue weighted by Gasteiger charge is 2.26. The minimum absolute atomic E-state index is 0.127. The Kier molecular flexibility index (Phi) is 4.70. The Balaban J connectivity index is 2.05. The second-order valence-electron chi connectivity index (χ2n) is 5.28. The molecule has 1 amide bonds. The van der Waals surface area contributed by atoms with Crippen LogP contribution in [0.25, 0.3) is 0 Å². The van der Waals surface area contributed by atoms with E-state index in [0.717, 1.165) is 24.8 Å². The van der Waals surface area contributed by atoms with Crippen molar-refractivity contribution < 1.29 is 9.90 Å². The van der Waals surface area contributed by atoms with Crippen molar-refractivity contribution in [3.8, 4) is 5.75 Å². The Morgan fingerprint density at radius 3 is 2.84 bits per heavy atom. The van der Waals surface area contributed by atoms with Crippen LogP contribution < -0.4 is 5.32 Å². The molecule has 0 radical (unpaired) electrons. The number of amides is 1. The molecule has 1 aliphatic carbocycles. The van der Waals surface area contributed by atoms with Crippen LogP contribution in [0.1, 0.15) is 41.6 Å². The summed E-state index contributed by atoms with van der Waals surface area (Å²) < 4.78 is 0. The molecule has 2 unspecified atom stereocenters. The fourth-order valence-corrected chi connectivity index (χ4v) is 2.95. The Morgan fingerprint density at radius 1 is 1.42 bits per heavy atom. The second-order valence-corrected chi connectivity index (χ2v) is 5.59. The first-order valence-electron chi connectivity index (χ1n) is 6.78. The summed E-state index contributed by atoms with van der Waals surface area (Å²) in [6.07, 6.45) is 4.39. The van der Waals surface area contributed by atoms with Crippen LogP contribution >= 0.6 is 11.6 Å². The fraction of sp³-hybridized carbons (Fsp3) is 0.533. The molecular weight excluding hydrogens is 262 g/mol. The van der Waals surface area contributed by atoms with Crippen LogP contribution in [0.3, 0.4) is 0 Å². The van der Waals surface area contributed by atoms with E-state index in [9.17, 15) is 9.90 Å². The van der Waals surface area contributed by atoms with Gasteiger partial charge in [0.1, 0.15) is 5.75 Å². The third-order valence-electron chi connectivity index (χ3n) is 3.90. The van der Waals surface area contributed by atoms with Crippen molar-refractivity contribution in [3.63, 3.8) is 0 Å². The summed E-state index contributed by atoms with van der Waals surface area (Å²) in [6, 6.07) is 5.16.